The van der Waals surface area contributed by atoms with Gasteiger partial charge >= 0.3 is 24.1 Å². The van der Waals surface area contributed by atoms with Crippen LogP contribution in [0.5, 0.6) is 5.75 Å². The molecule has 0 atom stereocenters. The Morgan fingerprint density at radius 3 is 2.34 bits per heavy atom. The number of alkyl halides is 3. The first kappa shape index (κ1) is 26.4. The maximum Gasteiger partial charge on any atom is 0.511 e. The standard InChI is InChI=1S/C23H17F5N4O6/c1-11-12(3-2-4-14(11)23(26,27)28)9-32-19(33)17(38-22(36)37)10-31(21(32)35)13-7-15(24)18(16(25)8-13)30-6-5-29-20(30)34/h2-4,7-8,10H,5-6,9H2,1H3,(H,29,34)(H,36,37). The highest BCUT2D eigenvalue weighted by Gasteiger charge is 2.33. The molecule has 1 aliphatic rings. The Bertz CT molecular complexity index is 1560. The number of carboxylic acid groups (broad SMARTS) is 1. The zero-order valence-electron chi connectivity index (χ0n) is 19.3. The lowest BCUT2D eigenvalue weighted by Crippen LogP contribution is -2.40. The fourth-order valence-corrected chi connectivity index (χ4v) is 4.03. The van der Waals surface area contributed by atoms with Gasteiger partial charge in [-0.1, -0.05) is 12.1 Å². The number of anilines is 1. The highest BCUT2D eigenvalue weighted by molar-refractivity contribution is 5.94. The maximum absolute atomic E-state index is 14.9. The van der Waals surface area contributed by atoms with Crippen LogP contribution in [-0.4, -0.2) is 39.5 Å². The van der Waals surface area contributed by atoms with Crippen molar-refractivity contribution in [1.29, 1.82) is 0 Å². The summed E-state index contributed by atoms with van der Waals surface area (Å²) in [7, 11) is 0. The Balaban J connectivity index is 1.89. The van der Waals surface area contributed by atoms with E-state index in [9.17, 15) is 41.1 Å². The first-order valence-corrected chi connectivity index (χ1v) is 10.8. The van der Waals surface area contributed by atoms with Crippen LogP contribution in [0.15, 0.2) is 46.1 Å². The molecule has 2 aromatic carbocycles. The first-order valence-electron chi connectivity index (χ1n) is 10.8. The summed E-state index contributed by atoms with van der Waals surface area (Å²) >= 11 is 0. The summed E-state index contributed by atoms with van der Waals surface area (Å²) in [6.07, 6.45) is -6.10. The van der Waals surface area contributed by atoms with Crippen LogP contribution in [0.25, 0.3) is 5.69 Å². The summed E-state index contributed by atoms with van der Waals surface area (Å²) in [4.78, 5) is 49.8. The predicted molar refractivity (Wildman–Crippen MR) is 121 cm³/mol. The van der Waals surface area contributed by atoms with Crippen LogP contribution in [-0.2, 0) is 12.7 Å². The summed E-state index contributed by atoms with van der Waals surface area (Å²) in [5, 5.41) is 11.4. The third-order valence-corrected chi connectivity index (χ3v) is 5.82. The average Bonchev–Trinajstić information content (AvgIpc) is 3.23. The Morgan fingerprint density at radius 1 is 1.13 bits per heavy atom. The van der Waals surface area contributed by atoms with E-state index in [0.717, 1.165) is 24.0 Å². The van der Waals surface area contributed by atoms with Gasteiger partial charge in [0.25, 0.3) is 5.56 Å². The molecular weight excluding hydrogens is 523 g/mol. The molecule has 3 aromatic rings. The quantitative estimate of drug-likeness (QED) is 0.379. The summed E-state index contributed by atoms with van der Waals surface area (Å²) in [5.74, 6) is -3.46. The molecular formula is C23H17F5N4O6. The van der Waals surface area contributed by atoms with Crippen molar-refractivity contribution in [1.82, 2.24) is 14.5 Å². The van der Waals surface area contributed by atoms with Gasteiger partial charge in [0.2, 0.25) is 5.75 Å². The number of hydrogen-bond acceptors (Lipinski definition) is 5. The van der Waals surface area contributed by atoms with Gasteiger partial charge in [0, 0.05) is 25.2 Å². The van der Waals surface area contributed by atoms with Crippen molar-refractivity contribution in [2.24, 2.45) is 0 Å². The van der Waals surface area contributed by atoms with Crippen LogP contribution < -0.4 is 26.2 Å². The van der Waals surface area contributed by atoms with E-state index < -0.39 is 70.5 Å². The van der Waals surface area contributed by atoms with Gasteiger partial charge in [0.15, 0.2) is 11.6 Å². The van der Waals surface area contributed by atoms with Crippen LogP contribution in [0.2, 0.25) is 0 Å². The van der Waals surface area contributed by atoms with Gasteiger partial charge in [0.1, 0.15) is 5.69 Å². The van der Waals surface area contributed by atoms with Gasteiger partial charge in [-0.2, -0.15) is 13.2 Å². The van der Waals surface area contributed by atoms with E-state index >= 15 is 0 Å². The number of benzene rings is 2. The molecule has 200 valence electrons. The van der Waals surface area contributed by atoms with E-state index in [-0.39, 0.29) is 24.2 Å². The van der Waals surface area contributed by atoms with Gasteiger partial charge in [-0.25, -0.2) is 23.2 Å². The molecule has 1 aliphatic heterocycles. The second-order valence-electron chi connectivity index (χ2n) is 8.13. The van der Waals surface area contributed by atoms with Crippen molar-refractivity contribution >= 4 is 17.9 Å². The van der Waals surface area contributed by atoms with Gasteiger partial charge < -0.3 is 15.2 Å². The summed E-state index contributed by atoms with van der Waals surface area (Å²) in [6, 6.07) is 3.67. The minimum absolute atomic E-state index is 0.0379. The molecule has 2 heterocycles. The molecule has 0 radical (unpaired) electrons. The monoisotopic (exact) mass is 540 g/mol. The number of ether oxygens (including phenoxy) is 1. The molecule has 2 N–H and O–H groups in total. The van der Waals surface area contributed by atoms with Crippen LogP contribution in [0, 0.1) is 18.6 Å². The minimum atomic E-state index is -4.73. The van der Waals surface area contributed by atoms with E-state index in [1.165, 1.54) is 6.07 Å². The normalized spacial score (nSPS) is 13.5. The number of hydrogen-bond donors (Lipinski definition) is 2. The zero-order chi connectivity index (χ0) is 27.9. The number of nitrogens with one attached hydrogen (secondary N) is 1. The lowest BCUT2D eigenvalue weighted by Gasteiger charge is -2.18. The molecule has 38 heavy (non-hydrogen) atoms. The number of nitrogens with zero attached hydrogens (tertiary/aromatic N) is 3. The molecule has 4 rings (SSSR count). The Labute approximate surface area is 209 Å². The van der Waals surface area contributed by atoms with Crippen molar-refractivity contribution in [2.45, 2.75) is 19.6 Å². The average molecular weight is 540 g/mol. The summed E-state index contributed by atoms with van der Waals surface area (Å²) < 4.78 is 75.2. The molecule has 15 heteroatoms. The molecule has 1 aromatic heterocycles. The topological polar surface area (TPSA) is 123 Å². The number of carbonyl (C=O) groups excluding carboxylic acids is 1. The largest absolute Gasteiger partial charge is 0.511 e. The predicted octanol–water partition coefficient (Wildman–Crippen LogP) is 3.24. The van der Waals surface area contributed by atoms with Gasteiger partial charge in [0.05, 0.1) is 24.0 Å². The first-order chi connectivity index (χ1) is 17.8. The van der Waals surface area contributed by atoms with Crippen molar-refractivity contribution < 1.29 is 41.4 Å². The Hall–Kier alpha value is -4.69. The Kier molecular flexibility index (Phi) is 6.69. The molecule has 1 saturated heterocycles. The van der Waals surface area contributed by atoms with Crippen molar-refractivity contribution in [2.75, 3.05) is 18.0 Å². The van der Waals surface area contributed by atoms with Crippen LogP contribution in [0.4, 0.5) is 37.2 Å². The van der Waals surface area contributed by atoms with Gasteiger partial charge in [-0.05, 0) is 24.1 Å². The number of amides is 2. The minimum Gasteiger partial charge on any atom is -0.449 e. The molecule has 2 amide bonds. The summed E-state index contributed by atoms with van der Waals surface area (Å²) in [5.41, 5.74) is -5.21. The van der Waals surface area contributed by atoms with E-state index in [0.29, 0.717) is 27.5 Å². The number of aromatic nitrogens is 2. The maximum atomic E-state index is 14.9. The smallest absolute Gasteiger partial charge is 0.449 e. The van der Waals surface area contributed by atoms with Crippen LogP contribution >= 0.6 is 0 Å². The molecule has 10 nitrogen and oxygen atoms in total. The second-order valence-corrected chi connectivity index (χ2v) is 8.13. The number of rotatable bonds is 5. The zero-order valence-corrected chi connectivity index (χ0v) is 19.3. The van der Waals surface area contributed by atoms with E-state index in [2.05, 4.69) is 10.1 Å². The second kappa shape index (κ2) is 9.64. The van der Waals surface area contributed by atoms with Crippen LogP contribution in [0.1, 0.15) is 16.7 Å². The van der Waals surface area contributed by atoms with Crippen molar-refractivity contribution in [3.8, 4) is 11.4 Å². The molecule has 0 unspecified atom stereocenters. The van der Waals surface area contributed by atoms with Crippen molar-refractivity contribution in [3.63, 3.8) is 0 Å². The summed E-state index contributed by atoms with van der Waals surface area (Å²) in [6.45, 7) is 0.469. The number of carbonyl (C=O) groups is 2. The molecule has 0 saturated carbocycles. The van der Waals surface area contributed by atoms with Gasteiger partial charge in [-0.15, -0.1) is 0 Å². The Morgan fingerprint density at radius 2 is 1.79 bits per heavy atom. The number of halogens is 5. The molecule has 0 spiro atoms. The highest BCUT2D eigenvalue weighted by atomic mass is 19.4. The van der Waals surface area contributed by atoms with E-state index in [4.69, 9.17) is 5.11 Å². The van der Waals surface area contributed by atoms with E-state index in [1.807, 2.05) is 0 Å². The van der Waals surface area contributed by atoms with Gasteiger partial charge in [-0.3, -0.25) is 18.8 Å². The number of urea groups is 1. The lowest BCUT2D eigenvalue weighted by molar-refractivity contribution is -0.138. The fraction of sp³-hybridized carbons (Fsp3) is 0.217. The molecule has 0 aliphatic carbocycles. The molecule has 0 bridgehead atoms. The highest BCUT2D eigenvalue weighted by Crippen LogP contribution is 2.33. The van der Waals surface area contributed by atoms with E-state index in [1.54, 1.807) is 0 Å². The third kappa shape index (κ3) is 4.81. The van der Waals surface area contributed by atoms with Crippen LogP contribution in [0.3, 0.4) is 0 Å². The fourth-order valence-electron chi connectivity index (χ4n) is 4.03. The molecule has 1 fully saturated rings. The third-order valence-electron chi connectivity index (χ3n) is 5.82. The lowest BCUT2D eigenvalue weighted by atomic mass is 10.0. The van der Waals surface area contributed by atoms with Crippen molar-refractivity contribution in [3.05, 3.63) is 85.7 Å². The SMILES string of the molecule is Cc1c(Cn2c(=O)c(OC(=O)O)cn(-c3cc(F)c(N4CCNC4=O)c(F)c3)c2=O)cccc1C(F)(F)F.